The number of aliphatic hydroxyl groups is 1. The van der Waals surface area contributed by atoms with Crippen LogP contribution in [0.5, 0.6) is 0 Å². The Bertz CT molecular complexity index is 575. The number of aromatic nitrogens is 1. The van der Waals surface area contributed by atoms with Crippen LogP contribution in [-0.2, 0) is 6.54 Å². The Kier molecular flexibility index (Phi) is 3.60. The van der Waals surface area contributed by atoms with Crippen LogP contribution in [0.4, 0.5) is 0 Å². The molecule has 1 aromatic carbocycles. The molecule has 0 saturated heterocycles. The highest BCUT2D eigenvalue weighted by Gasteiger charge is 2.20. The SMILES string of the molecule is CCn1c(Cl)c(C(C)O)c2cc(Cl)cc(Cl)c21. The van der Waals surface area contributed by atoms with E-state index in [9.17, 15) is 5.11 Å². The number of benzene rings is 1. The lowest BCUT2D eigenvalue weighted by Crippen LogP contribution is -1.95. The number of halogens is 3. The molecule has 2 nitrogen and oxygen atoms in total. The van der Waals surface area contributed by atoms with Crippen molar-refractivity contribution in [3.8, 4) is 0 Å². The van der Waals surface area contributed by atoms with Gasteiger partial charge >= 0.3 is 0 Å². The van der Waals surface area contributed by atoms with Gasteiger partial charge in [-0.2, -0.15) is 0 Å². The number of hydrogen-bond donors (Lipinski definition) is 1. The lowest BCUT2D eigenvalue weighted by Gasteiger charge is -2.04. The molecule has 17 heavy (non-hydrogen) atoms. The molecule has 0 aliphatic rings. The van der Waals surface area contributed by atoms with E-state index >= 15 is 0 Å². The zero-order valence-electron chi connectivity index (χ0n) is 9.47. The van der Waals surface area contributed by atoms with Crippen molar-refractivity contribution in [1.29, 1.82) is 0 Å². The monoisotopic (exact) mass is 291 g/mol. The maximum Gasteiger partial charge on any atom is 0.115 e. The number of fused-ring (bicyclic) bond motifs is 1. The van der Waals surface area contributed by atoms with E-state index in [4.69, 9.17) is 34.8 Å². The standard InChI is InChI=1S/C12H12Cl3NO/c1-3-16-11-8(4-7(13)5-9(11)14)10(6(2)17)12(16)15/h4-6,17H,3H2,1-2H3. The van der Waals surface area contributed by atoms with Gasteiger partial charge < -0.3 is 9.67 Å². The van der Waals surface area contributed by atoms with Gasteiger partial charge in [0, 0.05) is 22.5 Å². The second-order valence-corrected chi connectivity index (χ2v) is 5.11. The molecule has 5 heteroatoms. The Balaban J connectivity index is 2.95. The van der Waals surface area contributed by atoms with Gasteiger partial charge in [-0.3, -0.25) is 0 Å². The molecule has 0 aliphatic heterocycles. The predicted molar refractivity (Wildman–Crippen MR) is 73.3 cm³/mol. The van der Waals surface area contributed by atoms with Gasteiger partial charge in [0.1, 0.15) is 5.15 Å². The first-order chi connectivity index (χ1) is 7.97. The third-order valence-corrected chi connectivity index (χ3v) is 3.70. The van der Waals surface area contributed by atoms with Gasteiger partial charge in [-0.25, -0.2) is 0 Å². The predicted octanol–water partition coefficient (Wildman–Crippen LogP) is 4.67. The number of nitrogens with zero attached hydrogens (tertiary/aromatic N) is 1. The molecule has 0 spiro atoms. The number of aliphatic hydroxyl groups excluding tert-OH is 1. The van der Waals surface area contributed by atoms with E-state index in [0.29, 0.717) is 27.3 Å². The molecular weight excluding hydrogens is 280 g/mol. The van der Waals surface area contributed by atoms with Crippen LogP contribution < -0.4 is 0 Å². The first-order valence-electron chi connectivity index (χ1n) is 5.32. The molecule has 2 rings (SSSR count). The van der Waals surface area contributed by atoms with Crippen molar-refractivity contribution >= 4 is 45.7 Å². The lowest BCUT2D eigenvalue weighted by atomic mass is 10.1. The third kappa shape index (κ3) is 2.04. The summed E-state index contributed by atoms with van der Waals surface area (Å²) in [4.78, 5) is 0. The van der Waals surface area contributed by atoms with Gasteiger partial charge in [0.05, 0.1) is 16.6 Å². The van der Waals surface area contributed by atoms with E-state index < -0.39 is 6.10 Å². The molecule has 1 atom stereocenters. The van der Waals surface area contributed by atoms with Crippen LogP contribution in [0, 0.1) is 0 Å². The Hall–Kier alpha value is -0.410. The zero-order chi connectivity index (χ0) is 12.7. The van der Waals surface area contributed by atoms with Crippen LogP contribution in [-0.4, -0.2) is 9.67 Å². The molecule has 1 unspecified atom stereocenters. The van der Waals surface area contributed by atoms with Gasteiger partial charge in [0.2, 0.25) is 0 Å². The summed E-state index contributed by atoms with van der Waals surface area (Å²) in [6.07, 6.45) is -0.660. The number of rotatable bonds is 2. The molecule has 92 valence electrons. The fourth-order valence-electron chi connectivity index (χ4n) is 2.09. The minimum Gasteiger partial charge on any atom is -0.389 e. The fraction of sp³-hybridized carbons (Fsp3) is 0.333. The highest BCUT2D eigenvalue weighted by molar-refractivity contribution is 6.40. The van der Waals surface area contributed by atoms with Crippen molar-refractivity contribution in [2.45, 2.75) is 26.5 Å². The van der Waals surface area contributed by atoms with Crippen LogP contribution in [0.2, 0.25) is 15.2 Å². The number of aryl methyl sites for hydroxylation is 1. The molecule has 0 amide bonds. The van der Waals surface area contributed by atoms with E-state index in [1.807, 2.05) is 11.5 Å². The van der Waals surface area contributed by atoms with Gasteiger partial charge in [0.25, 0.3) is 0 Å². The van der Waals surface area contributed by atoms with Crippen LogP contribution in [0.25, 0.3) is 10.9 Å². The van der Waals surface area contributed by atoms with Crippen molar-refractivity contribution < 1.29 is 5.11 Å². The molecule has 2 aromatic rings. The maximum absolute atomic E-state index is 9.81. The summed E-state index contributed by atoms with van der Waals surface area (Å²) in [5.74, 6) is 0. The Labute approximate surface area is 115 Å². The van der Waals surface area contributed by atoms with E-state index in [1.54, 1.807) is 19.1 Å². The van der Waals surface area contributed by atoms with Gasteiger partial charge in [-0.05, 0) is 26.0 Å². The summed E-state index contributed by atoms with van der Waals surface area (Å²) in [6.45, 7) is 4.33. The normalized spacial score (nSPS) is 13.3. The molecule has 1 aromatic heterocycles. The van der Waals surface area contributed by atoms with Crippen molar-refractivity contribution in [2.24, 2.45) is 0 Å². The topological polar surface area (TPSA) is 25.2 Å². The third-order valence-electron chi connectivity index (χ3n) is 2.78. The first kappa shape index (κ1) is 13.0. The van der Waals surface area contributed by atoms with E-state index in [1.165, 1.54) is 0 Å². The van der Waals surface area contributed by atoms with E-state index in [0.717, 1.165) is 10.9 Å². The molecule has 0 saturated carbocycles. The van der Waals surface area contributed by atoms with Crippen LogP contribution >= 0.6 is 34.8 Å². The maximum atomic E-state index is 9.81. The average molecular weight is 293 g/mol. The summed E-state index contributed by atoms with van der Waals surface area (Å²) in [7, 11) is 0. The van der Waals surface area contributed by atoms with E-state index in [2.05, 4.69) is 0 Å². The minimum absolute atomic E-state index is 0.515. The number of hydrogen-bond acceptors (Lipinski definition) is 1. The highest BCUT2D eigenvalue weighted by Crippen LogP contribution is 2.39. The summed E-state index contributed by atoms with van der Waals surface area (Å²) >= 11 is 18.5. The van der Waals surface area contributed by atoms with Crippen molar-refractivity contribution in [1.82, 2.24) is 4.57 Å². The Morgan fingerprint density at radius 3 is 2.47 bits per heavy atom. The molecule has 0 radical (unpaired) electrons. The highest BCUT2D eigenvalue weighted by atomic mass is 35.5. The second-order valence-electron chi connectivity index (χ2n) is 3.91. The minimum atomic E-state index is -0.660. The molecule has 0 aliphatic carbocycles. The quantitative estimate of drug-likeness (QED) is 0.854. The molecule has 1 heterocycles. The average Bonchev–Trinajstić information content (AvgIpc) is 2.49. The van der Waals surface area contributed by atoms with Crippen molar-refractivity contribution in [2.75, 3.05) is 0 Å². The van der Waals surface area contributed by atoms with Crippen molar-refractivity contribution in [3.63, 3.8) is 0 Å². The summed E-state index contributed by atoms with van der Waals surface area (Å²) in [5, 5.41) is 12.2. The largest absolute Gasteiger partial charge is 0.389 e. The lowest BCUT2D eigenvalue weighted by molar-refractivity contribution is 0.200. The van der Waals surface area contributed by atoms with Gasteiger partial charge in [-0.15, -0.1) is 0 Å². The second kappa shape index (κ2) is 4.69. The summed E-state index contributed by atoms with van der Waals surface area (Å²) in [6, 6.07) is 3.46. The Morgan fingerprint density at radius 2 is 1.94 bits per heavy atom. The summed E-state index contributed by atoms with van der Waals surface area (Å²) in [5.41, 5.74) is 1.49. The molecular formula is C12H12Cl3NO. The van der Waals surface area contributed by atoms with Crippen molar-refractivity contribution in [3.05, 3.63) is 32.9 Å². The molecule has 1 N–H and O–H groups in total. The van der Waals surface area contributed by atoms with Gasteiger partial charge in [0.15, 0.2) is 0 Å². The Morgan fingerprint density at radius 1 is 1.29 bits per heavy atom. The first-order valence-corrected chi connectivity index (χ1v) is 6.45. The van der Waals surface area contributed by atoms with Crippen LogP contribution in [0.15, 0.2) is 12.1 Å². The van der Waals surface area contributed by atoms with Gasteiger partial charge in [-0.1, -0.05) is 34.8 Å². The smallest absolute Gasteiger partial charge is 0.115 e. The van der Waals surface area contributed by atoms with E-state index in [-0.39, 0.29) is 0 Å². The molecule has 0 fully saturated rings. The zero-order valence-corrected chi connectivity index (χ0v) is 11.7. The fourth-order valence-corrected chi connectivity index (χ4v) is 3.15. The molecule has 0 bridgehead atoms. The van der Waals surface area contributed by atoms with Crippen LogP contribution in [0.1, 0.15) is 25.5 Å². The van der Waals surface area contributed by atoms with Crippen LogP contribution in [0.3, 0.4) is 0 Å². The summed E-state index contributed by atoms with van der Waals surface area (Å²) < 4.78 is 1.87.